The number of aromatic nitrogens is 4. The zero-order chi connectivity index (χ0) is 30.2. The number of carbonyl (C=O) groups is 1. The SMILES string of the molecule is CC(C)CC(CC(C)C)=NO[P@@](=O)(CO[C@H](C)Cn1cnc2c(N)ncnc21)NC(C1CCCCC1)C(C)C(=O)O. The minimum absolute atomic E-state index is 0.0708. The maximum Gasteiger partial charge on any atom is 0.364 e. The Morgan fingerprint density at radius 3 is 2.39 bits per heavy atom. The number of imidazole rings is 1. The van der Waals surface area contributed by atoms with Crippen LogP contribution in [-0.2, 0) is 25.3 Å². The van der Waals surface area contributed by atoms with Gasteiger partial charge in [-0.15, -0.1) is 0 Å². The lowest BCUT2D eigenvalue weighted by molar-refractivity contribution is -0.142. The number of hydrogen-bond acceptors (Lipinski definition) is 9. The molecule has 2 aromatic rings. The molecule has 13 heteroatoms. The molecule has 2 heterocycles. The molecular formula is C28H48N7O5P. The number of nitrogens with zero attached hydrogens (tertiary/aromatic N) is 5. The van der Waals surface area contributed by atoms with E-state index in [4.69, 9.17) is 15.1 Å². The Balaban J connectivity index is 1.84. The maximum absolute atomic E-state index is 14.4. The molecule has 230 valence electrons. The van der Waals surface area contributed by atoms with Crippen LogP contribution in [0.25, 0.3) is 11.2 Å². The van der Waals surface area contributed by atoms with Gasteiger partial charge in [0, 0.05) is 6.04 Å². The standard InChI is InChI=1S/C28H48N7O5P/c1-18(2)12-23(13-19(3)4)33-40-41(38,34-24(21(6)28(36)37)22-10-8-7-9-11-22)17-39-20(5)14-35-16-32-25-26(29)30-15-31-27(25)35/h15-16,18-22,24H,7-14,17H2,1-6H3,(H,34,38)(H,36,37)(H2,29,30,31)/t20-,21?,24?,41+/m1/s1. The molecule has 0 amide bonds. The number of ether oxygens (including phenoxy) is 1. The summed E-state index contributed by atoms with van der Waals surface area (Å²) in [5, 5.41) is 17.5. The van der Waals surface area contributed by atoms with Crippen molar-refractivity contribution in [3.05, 3.63) is 12.7 Å². The first kappa shape index (κ1) is 32.9. The smallest absolute Gasteiger partial charge is 0.364 e. The third-order valence-corrected chi connectivity index (χ3v) is 8.96. The summed E-state index contributed by atoms with van der Waals surface area (Å²) in [6.07, 6.45) is 8.67. The average Bonchev–Trinajstić information content (AvgIpc) is 3.33. The van der Waals surface area contributed by atoms with E-state index in [0.717, 1.165) is 37.8 Å². The minimum Gasteiger partial charge on any atom is -0.481 e. The van der Waals surface area contributed by atoms with Crippen molar-refractivity contribution in [3.8, 4) is 0 Å². The van der Waals surface area contributed by atoms with Crippen molar-refractivity contribution in [1.29, 1.82) is 0 Å². The molecule has 1 fully saturated rings. The van der Waals surface area contributed by atoms with Crippen LogP contribution in [0.15, 0.2) is 17.8 Å². The average molecular weight is 594 g/mol. The molecule has 12 nitrogen and oxygen atoms in total. The van der Waals surface area contributed by atoms with Gasteiger partial charge in [0.05, 0.1) is 30.6 Å². The Morgan fingerprint density at radius 1 is 1.12 bits per heavy atom. The number of hydrogen-bond donors (Lipinski definition) is 3. The van der Waals surface area contributed by atoms with E-state index < -0.39 is 31.6 Å². The summed E-state index contributed by atoms with van der Waals surface area (Å²) in [6.45, 7) is 12.3. The van der Waals surface area contributed by atoms with Crippen molar-refractivity contribution < 1.29 is 23.8 Å². The molecule has 41 heavy (non-hydrogen) atoms. The van der Waals surface area contributed by atoms with Crippen molar-refractivity contribution in [3.63, 3.8) is 0 Å². The fourth-order valence-electron chi connectivity index (χ4n) is 5.40. The molecule has 0 bridgehead atoms. The van der Waals surface area contributed by atoms with Crippen LogP contribution in [0.2, 0.25) is 0 Å². The summed E-state index contributed by atoms with van der Waals surface area (Å²) < 4.78 is 28.2. The van der Waals surface area contributed by atoms with E-state index in [1.807, 2.05) is 6.92 Å². The molecular weight excluding hydrogens is 545 g/mol. The maximum atomic E-state index is 14.4. The summed E-state index contributed by atoms with van der Waals surface area (Å²) in [5.74, 6) is -0.631. The first-order chi connectivity index (χ1) is 19.4. The molecule has 4 N–H and O–H groups in total. The second-order valence-corrected chi connectivity index (χ2v) is 14.2. The summed E-state index contributed by atoms with van der Waals surface area (Å²) >= 11 is 0. The normalized spacial score (nSPS) is 18.2. The van der Waals surface area contributed by atoms with Gasteiger partial charge in [0.2, 0.25) is 0 Å². The Morgan fingerprint density at radius 2 is 1.78 bits per heavy atom. The third-order valence-electron chi connectivity index (χ3n) is 7.43. The van der Waals surface area contributed by atoms with Crippen molar-refractivity contribution >= 4 is 36.2 Å². The highest BCUT2D eigenvalue weighted by Gasteiger charge is 2.39. The number of nitrogens with one attached hydrogen (secondary N) is 1. The number of nitrogens with two attached hydrogens (primary N) is 1. The number of rotatable bonds is 16. The van der Waals surface area contributed by atoms with Crippen LogP contribution in [0.5, 0.6) is 0 Å². The van der Waals surface area contributed by atoms with E-state index >= 15 is 0 Å². The molecule has 0 spiro atoms. The van der Waals surface area contributed by atoms with Gasteiger partial charge in [-0.2, -0.15) is 0 Å². The Labute approximate surface area is 243 Å². The fourth-order valence-corrected chi connectivity index (χ4v) is 7.15. The van der Waals surface area contributed by atoms with Crippen LogP contribution in [0.4, 0.5) is 5.82 Å². The van der Waals surface area contributed by atoms with Gasteiger partial charge in [0.1, 0.15) is 18.2 Å². The number of nitrogen functional groups attached to an aromatic ring is 1. The molecule has 3 rings (SSSR count). The van der Waals surface area contributed by atoms with Gasteiger partial charge in [0.25, 0.3) is 0 Å². The zero-order valence-corrected chi connectivity index (χ0v) is 26.2. The highest BCUT2D eigenvalue weighted by atomic mass is 31.2. The summed E-state index contributed by atoms with van der Waals surface area (Å²) in [6, 6.07) is -0.538. The molecule has 1 aliphatic carbocycles. The van der Waals surface area contributed by atoms with Crippen LogP contribution >= 0.6 is 7.52 Å². The van der Waals surface area contributed by atoms with Crippen LogP contribution in [-0.4, -0.2) is 54.8 Å². The fraction of sp³-hybridized carbons (Fsp3) is 0.750. The van der Waals surface area contributed by atoms with Gasteiger partial charge >= 0.3 is 13.5 Å². The third kappa shape index (κ3) is 9.75. The van der Waals surface area contributed by atoms with Gasteiger partial charge in [-0.25, -0.2) is 20.0 Å². The monoisotopic (exact) mass is 593 g/mol. The second kappa shape index (κ2) is 15.1. The van der Waals surface area contributed by atoms with Crippen molar-refractivity contribution in [2.75, 3.05) is 12.1 Å². The Kier molecular flexibility index (Phi) is 12.1. The van der Waals surface area contributed by atoms with Gasteiger partial charge in [-0.05, 0) is 50.4 Å². The number of carboxylic acid groups (broad SMARTS) is 1. The predicted octanol–water partition coefficient (Wildman–Crippen LogP) is 5.69. The summed E-state index contributed by atoms with van der Waals surface area (Å²) in [7, 11) is -3.77. The molecule has 0 aromatic carbocycles. The van der Waals surface area contributed by atoms with E-state index in [1.54, 1.807) is 17.8 Å². The predicted molar refractivity (Wildman–Crippen MR) is 160 cm³/mol. The first-order valence-electron chi connectivity index (χ1n) is 14.8. The van der Waals surface area contributed by atoms with Crippen LogP contribution < -0.4 is 10.8 Å². The van der Waals surface area contributed by atoms with Gasteiger partial charge < -0.3 is 24.8 Å². The van der Waals surface area contributed by atoms with Crippen LogP contribution in [0.1, 0.15) is 86.5 Å². The molecule has 0 saturated heterocycles. The van der Waals surface area contributed by atoms with Crippen molar-refractivity contribution in [1.82, 2.24) is 24.6 Å². The van der Waals surface area contributed by atoms with E-state index in [2.05, 4.69) is 52.9 Å². The topological polar surface area (TPSA) is 167 Å². The van der Waals surface area contributed by atoms with Gasteiger partial charge in [0.15, 0.2) is 11.5 Å². The molecule has 2 unspecified atom stereocenters. The Bertz CT molecular complexity index is 1200. The lowest BCUT2D eigenvalue weighted by atomic mass is 9.79. The lowest BCUT2D eigenvalue weighted by Crippen LogP contribution is -2.44. The van der Waals surface area contributed by atoms with Gasteiger partial charge in [-0.1, -0.05) is 59.0 Å². The quantitative estimate of drug-likeness (QED) is 0.125. The highest BCUT2D eigenvalue weighted by Crippen LogP contribution is 2.46. The zero-order valence-electron chi connectivity index (χ0n) is 25.3. The number of oxime groups is 1. The van der Waals surface area contributed by atoms with E-state index in [9.17, 15) is 14.5 Å². The lowest BCUT2D eigenvalue weighted by Gasteiger charge is -2.35. The highest BCUT2D eigenvalue weighted by molar-refractivity contribution is 7.56. The molecule has 0 radical (unpaired) electrons. The number of carboxylic acids is 1. The summed E-state index contributed by atoms with van der Waals surface area (Å²) in [4.78, 5) is 24.6. The Hall–Kier alpha value is -2.56. The minimum atomic E-state index is -3.77. The summed E-state index contributed by atoms with van der Waals surface area (Å²) in [5.41, 5.74) is 7.82. The molecule has 4 atom stereocenters. The van der Waals surface area contributed by atoms with E-state index in [-0.39, 0.29) is 12.3 Å². The van der Waals surface area contributed by atoms with Crippen molar-refractivity contribution in [2.24, 2.45) is 28.8 Å². The van der Waals surface area contributed by atoms with Crippen LogP contribution in [0, 0.1) is 23.7 Å². The van der Waals surface area contributed by atoms with E-state index in [0.29, 0.717) is 48.2 Å². The van der Waals surface area contributed by atoms with Gasteiger partial charge in [-0.3, -0.25) is 9.36 Å². The molecule has 2 aromatic heterocycles. The largest absolute Gasteiger partial charge is 0.481 e. The number of aliphatic carboxylic acids is 1. The van der Waals surface area contributed by atoms with Crippen molar-refractivity contribution in [2.45, 2.75) is 105 Å². The molecule has 1 aliphatic rings. The number of fused-ring (bicyclic) bond motifs is 1. The second-order valence-electron chi connectivity index (χ2n) is 12.2. The first-order valence-corrected chi connectivity index (χ1v) is 16.6. The molecule has 1 saturated carbocycles. The van der Waals surface area contributed by atoms with Crippen LogP contribution in [0.3, 0.4) is 0 Å². The molecule has 0 aliphatic heterocycles. The van der Waals surface area contributed by atoms with E-state index in [1.165, 1.54) is 6.33 Å². The number of anilines is 1.